The van der Waals surface area contributed by atoms with Gasteiger partial charge in [0.15, 0.2) is 5.82 Å². The number of fused-ring (bicyclic) bond motifs is 1. The molecule has 1 aliphatic heterocycles. The van der Waals surface area contributed by atoms with Crippen molar-refractivity contribution in [3.8, 4) is 16.9 Å². The van der Waals surface area contributed by atoms with Gasteiger partial charge in [-0.2, -0.15) is 13.2 Å². The number of alkyl halides is 3. The molecule has 3 aromatic rings. The van der Waals surface area contributed by atoms with E-state index < -0.39 is 23.4 Å². The van der Waals surface area contributed by atoms with Gasteiger partial charge in [-0.3, -0.25) is 9.78 Å². The molecule has 32 heavy (non-hydrogen) atoms. The Balaban J connectivity index is 0.000000360. The molecule has 0 radical (unpaired) electrons. The number of nitrogens with zero attached hydrogens (tertiary/aromatic N) is 3. The van der Waals surface area contributed by atoms with E-state index >= 15 is 0 Å². The molecule has 4 rings (SSSR count). The van der Waals surface area contributed by atoms with E-state index in [1.807, 2.05) is 39.0 Å². The summed E-state index contributed by atoms with van der Waals surface area (Å²) in [4.78, 5) is 29.3. The summed E-state index contributed by atoms with van der Waals surface area (Å²) < 4.78 is 47.4. The van der Waals surface area contributed by atoms with Crippen LogP contribution in [-0.4, -0.2) is 37.7 Å². The second-order valence-electron chi connectivity index (χ2n) is 7.59. The molecule has 7 nitrogen and oxygen atoms in total. The highest BCUT2D eigenvalue weighted by atomic mass is 19.4. The van der Waals surface area contributed by atoms with Crippen molar-refractivity contribution in [1.82, 2.24) is 14.5 Å². The van der Waals surface area contributed by atoms with Crippen LogP contribution in [0.15, 0.2) is 43.0 Å². The smallest absolute Gasteiger partial charge is 0.475 e. The average Bonchev–Trinajstić information content (AvgIpc) is 3.27. The van der Waals surface area contributed by atoms with Gasteiger partial charge >= 0.3 is 12.1 Å². The van der Waals surface area contributed by atoms with Gasteiger partial charge in [-0.15, -0.1) is 0 Å². The predicted octanol–water partition coefficient (Wildman–Crippen LogP) is 4.24. The number of hydrogen-bond acceptors (Lipinski definition) is 4. The molecule has 168 valence electrons. The van der Waals surface area contributed by atoms with E-state index in [0.29, 0.717) is 11.4 Å². The standard InChI is InChI=1S/C19H17FN4O.C2HF3O2/c1-11-6-17(14(20)8-21-11)24-9-16(22-10-24)12-4-5-13-15(7-12)23-18(25)19(13,2)3;3-2(4,5)1(6)7/h4-10H,1-3H3,(H,23,25);(H,6,7). The van der Waals surface area contributed by atoms with Crippen molar-refractivity contribution in [1.29, 1.82) is 0 Å². The first-order valence-corrected chi connectivity index (χ1v) is 9.23. The topological polar surface area (TPSA) is 97.1 Å². The number of benzene rings is 1. The van der Waals surface area contributed by atoms with Gasteiger partial charge in [-0.1, -0.05) is 12.1 Å². The largest absolute Gasteiger partial charge is 0.490 e. The molecule has 0 atom stereocenters. The molecule has 0 saturated heterocycles. The zero-order valence-electron chi connectivity index (χ0n) is 17.2. The number of carbonyl (C=O) groups is 2. The fourth-order valence-corrected chi connectivity index (χ4v) is 3.08. The van der Waals surface area contributed by atoms with Gasteiger partial charge in [0.1, 0.15) is 6.33 Å². The molecular formula is C21H18F4N4O3. The number of aryl methyl sites for hydroxylation is 1. The second kappa shape index (κ2) is 8.06. The van der Waals surface area contributed by atoms with Gasteiger partial charge in [-0.25, -0.2) is 14.2 Å². The molecular weight excluding hydrogens is 432 g/mol. The number of carboxylic acids is 1. The first-order chi connectivity index (χ1) is 14.8. The molecule has 0 aliphatic carbocycles. The van der Waals surface area contributed by atoms with Crippen LogP contribution in [0.1, 0.15) is 25.1 Å². The minimum absolute atomic E-state index is 0.0143. The minimum Gasteiger partial charge on any atom is -0.475 e. The number of anilines is 1. The molecule has 2 N–H and O–H groups in total. The Kier molecular flexibility index (Phi) is 5.77. The van der Waals surface area contributed by atoms with Crippen molar-refractivity contribution in [3.63, 3.8) is 0 Å². The van der Waals surface area contributed by atoms with Gasteiger partial charge in [0.2, 0.25) is 5.91 Å². The van der Waals surface area contributed by atoms with Crippen LogP contribution in [0.5, 0.6) is 0 Å². The summed E-state index contributed by atoms with van der Waals surface area (Å²) in [6.07, 6.45) is -0.540. The molecule has 1 aliphatic rings. The summed E-state index contributed by atoms with van der Waals surface area (Å²) in [6.45, 7) is 5.61. The second-order valence-corrected chi connectivity index (χ2v) is 7.59. The number of nitrogens with one attached hydrogen (secondary N) is 1. The third kappa shape index (κ3) is 4.46. The van der Waals surface area contributed by atoms with Gasteiger partial charge < -0.3 is 15.0 Å². The summed E-state index contributed by atoms with van der Waals surface area (Å²) in [5.74, 6) is -3.18. The molecule has 11 heteroatoms. The number of aliphatic carboxylic acids is 1. The number of imidazole rings is 1. The lowest BCUT2D eigenvalue weighted by Gasteiger charge is -2.14. The Labute approximate surface area is 179 Å². The number of carbonyl (C=O) groups excluding carboxylic acids is 1. The van der Waals surface area contributed by atoms with Crippen molar-refractivity contribution in [2.75, 3.05) is 5.32 Å². The van der Waals surface area contributed by atoms with E-state index in [-0.39, 0.29) is 5.91 Å². The summed E-state index contributed by atoms with van der Waals surface area (Å²) in [5, 5.41) is 10.0. The van der Waals surface area contributed by atoms with Crippen molar-refractivity contribution in [2.24, 2.45) is 0 Å². The summed E-state index contributed by atoms with van der Waals surface area (Å²) in [5.41, 5.74) is 3.93. The third-order valence-corrected chi connectivity index (χ3v) is 4.88. The first-order valence-electron chi connectivity index (χ1n) is 9.23. The summed E-state index contributed by atoms with van der Waals surface area (Å²) in [7, 11) is 0. The SMILES string of the molecule is Cc1cc(-n2cnc(-c3ccc4c(c3)NC(=O)C4(C)C)c2)c(F)cn1.O=C(O)C(F)(F)F. The van der Waals surface area contributed by atoms with Crippen LogP contribution in [0, 0.1) is 12.7 Å². The molecule has 0 unspecified atom stereocenters. The van der Waals surface area contributed by atoms with Crippen molar-refractivity contribution in [2.45, 2.75) is 32.4 Å². The van der Waals surface area contributed by atoms with Crippen LogP contribution in [0.25, 0.3) is 16.9 Å². The average molecular weight is 450 g/mol. The highest BCUT2D eigenvalue weighted by Crippen LogP contribution is 2.39. The van der Waals surface area contributed by atoms with Crippen molar-refractivity contribution >= 4 is 17.6 Å². The number of pyridine rings is 1. The van der Waals surface area contributed by atoms with Gasteiger partial charge in [0, 0.05) is 23.1 Å². The van der Waals surface area contributed by atoms with Gasteiger partial charge in [0.25, 0.3) is 0 Å². The molecule has 0 bridgehead atoms. The van der Waals surface area contributed by atoms with E-state index in [1.165, 1.54) is 6.20 Å². The Morgan fingerprint density at radius 2 is 1.84 bits per heavy atom. The summed E-state index contributed by atoms with van der Waals surface area (Å²) in [6, 6.07) is 7.45. The van der Waals surface area contributed by atoms with Crippen LogP contribution in [-0.2, 0) is 15.0 Å². The monoisotopic (exact) mass is 450 g/mol. The van der Waals surface area contributed by atoms with E-state index in [2.05, 4.69) is 15.3 Å². The van der Waals surface area contributed by atoms with E-state index in [9.17, 15) is 22.4 Å². The van der Waals surface area contributed by atoms with Crippen LogP contribution in [0.3, 0.4) is 0 Å². The Morgan fingerprint density at radius 3 is 2.47 bits per heavy atom. The lowest BCUT2D eigenvalue weighted by Crippen LogP contribution is -2.26. The number of amides is 1. The highest BCUT2D eigenvalue weighted by Gasteiger charge is 2.39. The lowest BCUT2D eigenvalue weighted by atomic mass is 9.86. The molecule has 0 fully saturated rings. The molecule has 1 amide bonds. The van der Waals surface area contributed by atoms with Crippen molar-refractivity contribution in [3.05, 3.63) is 60.1 Å². The molecule has 1 aromatic carbocycles. The fraction of sp³-hybridized carbons (Fsp3) is 0.238. The Hall–Kier alpha value is -3.76. The first kappa shape index (κ1) is 22.9. The molecule has 0 spiro atoms. The molecule has 2 aromatic heterocycles. The van der Waals surface area contributed by atoms with Crippen LogP contribution in [0.2, 0.25) is 0 Å². The van der Waals surface area contributed by atoms with E-state index in [1.54, 1.807) is 23.2 Å². The number of carboxylic acid groups (broad SMARTS) is 1. The van der Waals surface area contributed by atoms with Gasteiger partial charge in [-0.05, 0) is 38.5 Å². The van der Waals surface area contributed by atoms with E-state index in [0.717, 1.165) is 22.5 Å². The summed E-state index contributed by atoms with van der Waals surface area (Å²) >= 11 is 0. The zero-order chi connectivity index (χ0) is 23.8. The molecule has 3 heterocycles. The maximum atomic E-state index is 14.0. The Bertz CT molecular complexity index is 1200. The maximum absolute atomic E-state index is 14.0. The fourth-order valence-electron chi connectivity index (χ4n) is 3.08. The van der Waals surface area contributed by atoms with Gasteiger partial charge in [0.05, 0.1) is 23.0 Å². The lowest BCUT2D eigenvalue weighted by molar-refractivity contribution is -0.192. The molecule has 0 saturated carbocycles. The maximum Gasteiger partial charge on any atom is 0.490 e. The van der Waals surface area contributed by atoms with Crippen LogP contribution < -0.4 is 5.32 Å². The minimum atomic E-state index is -5.08. The van der Waals surface area contributed by atoms with E-state index in [4.69, 9.17) is 9.90 Å². The Morgan fingerprint density at radius 1 is 1.19 bits per heavy atom. The van der Waals surface area contributed by atoms with Crippen LogP contribution >= 0.6 is 0 Å². The number of aromatic nitrogens is 3. The quantitative estimate of drug-likeness (QED) is 0.569. The number of hydrogen-bond donors (Lipinski definition) is 2. The van der Waals surface area contributed by atoms with Crippen molar-refractivity contribution < 1.29 is 32.3 Å². The normalized spacial score (nSPS) is 14.3. The highest BCUT2D eigenvalue weighted by molar-refractivity contribution is 6.06. The predicted molar refractivity (Wildman–Crippen MR) is 107 cm³/mol. The number of halogens is 4. The number of rotatable bonds is 2. The third-order valence-electron chi connectivity index (χ3n) is 4.88. The van der Waals surface area contributed by atoms with Crippen LogP contribution in [0.4, 0.5) is 23.2 Å². The zero-order valence-corrected chi connectivity index (χ0v) is 17.2.